The number of sulfone groups is 1. The zero-order valence-electron chi connectivity index (χ0n) is 21.7. The zero-order chi connectivity index (χ0) is 25.7. The van der Waals surface area contributed by atoms with Crippen LogP contribution in [0.5, 0.6) is 0 Å². The molecule has 6 heteroatoms. The topological polar surface area (TPSA) is 74.6 Å². The van der Waals surface area contributed by atoms with Crippen LogP contribution in [0.2, 0.25) is 0 Å². The second kappa shape index (κ2) is 9.33. The maximum atomic E-state index is 15.6. The molecule has 0 aromatic carbocycles. The van der Waals surface area contributed by atoms with Crippen LogP contribution in [-0.4, -0.2) is 40.6 Å². The first-order chi connectivity index (χ1) is 15.5. The minimum absolute atomic E-state index is 0.0422. The Morgan fingerprint density at radius 2 is 1.91 bits per heavy atom. The molecule has 0 bridgehead atoms. The summed E-state index contributed by atoms with van der Waals surface area (Å²) in [5.41, 5.74) is 3.96. The Bertz CT molecular complexity index is 1010. The minimum Gasteiger partial charge on any atom is -0.393 e. The van der Waals surface area contributed by atoms with Crippen LogP contribution in [0.15, 0.2) is 47.1 Å². The van der Waals surface area contributed by atoms with Gasteiger partial charge >= 0.3 is 0 Å². The quantitative estimate of drug-likeness (QED) is 0.462. The molecule has 2 fully saturated rings. The lowest BCUT2D eigenvalue weighted by molar-refractivity contribution is 0.0862. The molecule has 1 unspecified atom stereocenters. The first kappa shape index (κ1) is 27.3. The molecule has 2 saturated carbocycles. The van der Waals surface area contributed by atoms with Gasteiger partial charge < -0.3 is 10.2 Å². The van der Waals surface area contributed by atoms with E-state index in [0.717, 1.165) is 31.3 Å². The third-order valence-electron chi connectivity index (χ3n) is 8.44. The number of rotatable bonds is 5. The summed E-state index contributed by atoms with van der Waals surface area (Å²) < 4.78 is 40.3. The molecule has 2 N–H and O–H groups in total. The van der Waals surface area contributed by atoms with Gasteiger partial charge in [0.05, 0.1) is 17.0 Å². The van der Waals surface area contributed by atoms with Crippen molar-refractivity contribution >= 4 is 9.84 Å². The van der Waals surface area contributed by atoms with Crippen LogP contribution in [0.1, 0.15) is 86.5 Å². The second-order valence-electron chi connectivity index (χ2n) is 12.1. The van der Waals surface area contributed by atoms with Crippen LogP contribution in [0.25, 0.3) is 0 Å². The van der Waals surface area contributed by atoms with E-state index in [4.69, 9.17) is 0 Å². The average Bonchev–Trinajstić information content (AvgIpc) is 3.06. The normalized spacial score (nSPS) is 35.7. The molecule has 0 aromatic rings. The minimum atomic E-state index is -3.96. The SMILES string of the molecule is C=C1/C(=C\C=C2/CCC[C@]3(C)C([C@H](C)CC(C)(F)S(=O)(=O)C(C)(C)C)=CC[C@@H]23)C[C@H](O)C[C@H]1O. The molecular weight excluding hydrogens is 451 g/mol. The van der Waals surface area contributed by atoms with Crippen LogP contribution in [-0.2, 0) is 9.84 Å². The summed E-state index contributed by atoms with van der Waals surface area (Å²) in [6, 6.07) is 0. The summed E-state index contributed by atoms with van der Waals surface area (Å²) in [5.74, 6) is 0.121. The molecule has 0 saturated heterocycles. The highest BCUT2D eigenvalue weighted by molar-refractivity contribution is 7.93. The van der Waals surface area contributed by atoms with Crippen LogP contribution in [0.4, 0.5) is 4.39 Å². The first-order valence-electron chi connectivity index (χ1n) is 12.6. The number of halogens is 1. The predicted octanol–water partition coefficient (Wildman–Crippen LogP) is 5.97. The highest BCUT2D eigenvalue weighted by atomic mass is 32.2. The van der Waals surface area contributed by atoms with Gasteiger partial charge in [0.15, 0.2) is 9.84 Å². The summed E-state index contributed by atoms with van der Waals surface area (Å²) in [5, 5.41) is 17.9. The fraction of sp³-hybridized carbons (Fsp3) is 0.714. The summed E-state index contributed by atoms with van der Waals surface area (Å²) in [6.07, 6.45) is 9.76. The largest absolute Gasteiger partial charge is 0.393 e. The van der Waals surface area contributed by atoms with Crippen molar-refractivity contribution in [2.75, 3.05) is 0 Å². The van der Waals surface area contributed by atoms with Crippen LogP contribution in [0.3, 0.4) is 0 Å². The summed E-state index contributed by atoms with van der Waals surface area (Å²) >= 11 is 0. The van der Waals surface area contributed by atoms with Crippen molar-refractivity contribution in [3.8, 4) is 0 Å². The van der Waals surface area contributed by atoms with Crippen molar-refractivity contribution in [2.45, 2.75) is 108 Å². The van der Waals surface area contributed by atoms with E-state index >= 15 is 4.39 Å². The third kappa shape index (κ3) is 4.87. The van der Waals surface area contributed by atoms with Crippen molar-refractivity contribution in [3.63, 3.8) is 0 Å². The predicted molar refractivity (Wildman–Crippen MR) is 137 cm³/mol. The van der Waals surface area contributed by atoms with Crippen molar-refractivity contribution in [3.05, 3.63) is 47.1 Å². The number of aliphatic hydroxyl groups is 2. The highest BCUT2D eigenvalue weighted by Crippen LogP contribution is 2.57. The number of hydrogen-bond donors (Lipinski definition) is 2. The lowest BCUT2D eigenvalue weighted by atomic mass is 9.62. The molecule has 4 nitrogen and oxygen atoms in total. The van der Waals surface area contributed by atoms with E-state index in [2.05, 4.69) is 25.7 Å². The van der Waals surface area contributed by atoms with Gasteiger partial charge in [-0.05, 0) is 88.2 Å². The molecule has 0 aromatic heterocycles. The Balaban J connectivity index is 1.82. The van der Waals surface area contributed by atoms with Gasteiger partial charge in [0.1, 0.15) is 0 Å². The summed E-state index contributed by atoms with van der Waals surface area (Å²) in [7, 11) is -3.96. The smallest absolute Gasteiger partial charge is 0.209 e. The van der Waals surface area contributed by atoms with Crippen LogP contribution in [0, 0.1) is 17.3 Å². The molecule has 0 amide bonds. The Hall–Kier alpha value is -1.24. The van der Waals surface area contributed by atoms with Crippen LogP contribution >= 0.6 is 0 Å². The number of aliphatic hydroxyl groups excluding tert-OH is 2. The van der Waals surface area contributed by atoms with Gasteiger partial charge in [-0.3, -0.25) is 0 Å². The van der Waals surface area contributed by atoms with E-state index in [1.165, 1.54) is 18.1 Å². The van der Waals surface area contributed by atoms with E-state index in [0.29, 0.717) is 24.3 Å². The number of allylic oxidation sites excluding steroid dienone is 5. The number of fused-ring (bicyclic) bond motifs is 1. The van der Waals surface area contributed by atoms with Gasteiger partial charge in [-0.15, -0.1) is 0 Å². The Labute approximate surface area is 205 Å². The van der Waals surface area contributed by atoms with Gasteiger partial charge in [0.25, 0.3) is 0 Å². The van der Waals surface area contributed by atoms with E-state index in [1.807, 2.05) is 13.0 Å². The molecule has 0 spiro atoms. The summed E-state index contributed by atoms with van der Waals surface area (Å²) in [6.45, 7) is 14.1. The highest BCUT2D eigenvalue weighted by Gasteiger charge is 2.51. The maximum Gasteiger partial charge on any atom is 0.209 e. The third-order valence-corrected chi connectivity index (χ3v) is 11.3. The molecule has 0 heterocycles. The maximum absolute atomic E-state index is 15.6. The van der Waals surface area contributed by atoms with Crippen molar-refractivity contribution in [2.24, 2.45) is 17.3 Å². The Morgan fingerprint density at radius 1 is 1.26 bits per heavy atom. The van der Waals surface area contributed by atoms with Crippen molar-refractivity contribution in [1.29, 1.82) is 0 Å². The zero-order valence-corrected chi connectivity index (χ0v) is 22.5. The van der Waals surface area contributed by atoms with Gasteiger partial charge in [0.2, 0.25) is 5.00 Å². The van der Waals surface area contributed by atoms with Gasteiger partial charge in [-0.1, -0.05) is 49.8 Å². The molecule has 0 radical (unpaired) electrons. The van der Waals surface area contributed by atoms with Crippen molar-refractivity contribution in [1.82, 2.24) is 0 Å². The summed E-state index contributed by atoms with van der Waals surface area (Å²) in [4.78, 5) is 0. The first-order valence-corrected chi connectivity index (χ1v) is 14.1. The second-order valence-corrected chi connectivity index (χ2v) is 15.2. The monoisotopic (exact) mass is 494 g/mol. The molecule has 192 valence electrons. The van der Waals surface area contributed by atoms with E-state index in [-0.39, 0.29) is 17.8 Å². The molecule has 0 aliphatic heterocycles. The van der Waals surface area contributed by atoms with E-state index in [1.54, 1.807) is 20.8 Å². The Kier molecular flexibility index (Phi) is 7.50. The average molecular weight is 495 g/mol. The lowest BCUT2D eigenvalue weighted by Gasteiger charge is -2.43. The molecule has 34 heavy (non-hydrogen) atoms. The van der Waals surface area contributed by atoms with Crippen LogP contribution < -0.4 is 0 Å². The fourth-order valence-electron chi connectivity index (χ4n) is 6.49. The van der Waals surface area contributed by atoms with E-state index in [9.17, 15) is 18.6 Å². The molecule has 3 rings (SSSR count). The standard InChI is InChI=1S/C28H43FO4S/c1-18(17-28(7,29)34(32,33)26(3,4)5)23-12-13-24-20(9-8-14-27(23,24)6)10-11-21-15-22(30)16-25(31)19(21)2/h10-12,18,22,24-25,30-31H,2,8-9,13-17H2,1,3-7H3/b20-10+,21-11-/t18-,22+,24+,25-,27-,28?/m1/s1. The fourth-order valence-corrected chi connectivity index (χ4v) is 8.23. The molecule has 3 aliphatic carbocycles. The van der Waals surface area contributed by atoms with E-state index < -0.39 is 31.8 Å². The molecule has 6 atom stereocenters. The van der Waals surface area contributed by atoms with Gasteiger partial charge in [0, 0.05) is 12.8 Å². The molecular formula is C28H43FO4S. The molecule has 3 aliphatic rings. The Morgan fingerprint density at radius 3 is 2.53 bits per heavy atom. The van der Waals surface area contributed by atoms with Gasteiger partial charge in [-0.25, -0.2) is 12.8 Å². The number of hydrogen-bond acceptors (Lipinski definition) is 4. The lowest BCUT2D eigenvalue weighted by Crippen LogP contribution is -2.44. The van der Waals surface area contributed by atoms with Crippen molar-refractivity contribution < 1.29 is 23.0 Å². The number of alkyl halides is 1. The van der Waals surface area contributed by atoms with Gasteiger partial charge in [-0.2, -0.15) is 0 Å².